The third-order valence-electron chi connectivity index (χ3n) is 4.00. The molecule has 0 fully saturated rings. The molecule has 0 aliphatic carbocycles. The minimum Gasteiger partial charge on any atom is -0.506 e. The topological polar surface area (TPSA) is 108 Å². The molecule has 26 heavy (non-hydrogen) atoms. The monoisotopic (exact) mass is 348 g/mol. The molecule has 2 heterocycles. The third kappa shape index (κ3) is 3.26. The molecule has 0 bridgehead atoms. The van der Waals surface area contributed by atoms with Crippen LogP contribution in [-0.2, 0) is 13.1 Å². The number of para-hydroxylation sites is 1. The number of hydrogen-bond acceptors (Lipinski definition) is 5. The lowest BCUT2D eigenvalue weighted by Gasteiger charge is -2.14. The van der Waals surface area contributed by atoms with Gasteiger partial charge in [-0.1, -0.05) is 18.2 Å². The van der Waals surface area contributed by atoms with Crippen LogP contribution in [0.5, 0.6) is 5.75 Å². The zero-order valence-corrected chi connectivity index (χ0v) is 13.8. The van der Waals surface area contributed by atoms with Crippen molar-refractivity contribution in [1.29, 1.82) is 5.26 Å². The van der Waals surface area contributed by atoms with Gasteiger partial charge in [-0.05, 0) is 23.8 Å². The van der Waals surface area contributed by atoms with E-state index in [1.165, 1.54) is 4.57 Å². The van der Waals surface area contributed by atoms with Gasteiger partial charge < -0.3 is 15.0 Å². The quantitative estimate of drug-likeness (QED) is 0.732. The molecular formula is C19H16N4O3. The molecule has 0 spiro atoms. The standard InChI is InChI=1S/C19H16N4O3/c20-8-4-10-23-15-7-2-1-6-14(15)17(24)16(19(23)26)18(25)22-12-13-5-3-9-21-11-13/h1-3,5-7,9,11,24H,4,10,12H2,(H,22,25). The molecule has 130 valence electrons. The molecule has 0 radical (unpaired) electrons. The van der Waals surface area contributed by atoms with E-state index >= 15 is 0 Å². The summed E-state index contributed by atoms with van der Waals surface area (Å²) in [6.07, 6.45) is 3.34. The summed E-state index contributed by atoms with van der Waals surface area (Å²) in [5, 5.41) is 22.3. The number of pyridine rings is 2. The summed E-state index contributed by atoms with van der Waals surface area (Å²) in [7, 11) is 0. The molecule has 2 aromatic heterocycles. The number of aromatic nitrogens is 2. The van der Waals surface area contributed by atoms with Gasteiger partial charge >= 0.3 is 0 Å². The summed E-state index contributed by atoms with van der Waals surface area (Å²) in [5.41, 5.74) is 0.297. The number of hydrogen-bond donors (Lipinski definition) is 2. The number of nitrogens with zero attached hydrogens (tertiary/aromatic N) is 3. The van der Waals surface area contributed by atoms with E-state index in [1.54, 1.807) is 48.8 Å². The molecular weight excluding hydrogens is 332 g/mol. The van der Waals surface area contributed by atoms with E-state index in [0.29, 0.717) is 10.9 Å². The Balaban J connectivity index is 2.03. The van der Waals surface area contributed by atoms with Crippen molar-refractivity contribution in [2.24, 2.45) is 0 Å². The minimum atomic E-state index is -0.673. The average Bonchev–Trinajstić information content (AvgIpc) is 2.67. The van der Waals surface area contributed by atoms with Gasteiger partial charge in [0.1, 0.15) is 11.3 Å². The third-order valence-corrected chi connectivity index (χ3v) is 4.00. The fourth-order valence-electron chi connectivity index (χ4n) is 2.75. The number of aromatic hydroxyl groups is 1. The number of nitrogens with one attached hydrogen (secondary N) is 1. The van der Waals surface area contributed by atoms with Crippen LogP contribution >= 0.6 is 0 Å². The molecule has 0 saturated carbocycles. The van der Waals surface area contributed by atoms with Gasteiger partial charge in [-0.3, -0.25) is 14.6 Å². The second-order valence-corrected chi connectivity index (χ2v) is 5.65. The number of aryl methyl sites for hydroxylation is 1. The van der Waals surface area contributed by atoms with Gasteiger partial charge in [0, 0.05) is 30.9 Å². The number of benzene rings is 1. The van der Waals surface area contributed by atoms with E-state index in [2.05, 4.69) is 10.3 Å². The predicted molar refractivity (Wildman–Crippen MR) is 95.5 cm³/mol. The smallest absolute Gasteiger partial charge is 0.267 e. The first-order chi connectivity index (χ1) is 12.6. The van der Waals surface area contributed by atoms with Gasteiger partial charge in [-0.15, -0.1) is 0 Å². The maximum Gasteiger partial charge on any atom is 0.267 e. The Labute approximate surface area is 149 Å². The normalized spacial score (nSPS) is 10.4. The average molecular weight is 348 g/mol. The van der Waals surface area contributed by atoms with Crippen LogP contribution in [0, 0.1) is 11.3 Å². The SMILES string of the molecule is N#CCCn1c(=O)c(C(=O)NCc2cccnc2)c(O)c2ccccc21. The molecule has 2 N–H and O–H groups in total. The maximum atomic E-state index is 12.8. The fraction of sp³-hybridized carbons (Fsp3) is 0.158. The van der Waals surface area contributed by atoms with E-state index < -0.39 is 11.5 Å². The van der Waals surface area contributed by atoms with Gasteiger partial charge in [-0.25, -0.2) is 0 Å². The van der Waals surface area contributed by atoms with Crippen LogP contribution in [-0.4, -0.2) is 20.6 Å². The lowest BCUT2D eigenvalue weighted by molar-refractivity contribution is 0.0946. The minimum absolute atomic E-state index is 0.116. The Morgan fingerprint density at radius 1 is 1.27 bits per heavy atom. The van der Waals surface area contributed by atoms with Crippen molar-refractivity contribution in [2.75, 3.05) is 0 Å². The van der Waals surface area contributed by atoms with Gasteiger partial charge in [0.25, 0.3) is 11.5 Å². The molecule has 1 aromatic carbocycles. The zero-order valence-electron chi connectivity index (χ0n) is 13.8. The highest BCUT2D eigenvalue weighted by atomic mass is 16.3. The van der Waals surface area contributed by atoms with Crippen LogP contribution in [0.4, 0.5) is 0 Å². The van der Waals surface area contributed by atoms with Gasteiger partial charge in [0.15, 0.2) is 0 Å². The molecule has 7 heteroatoms. The molecule has 0 aliphatic heterocycles. The first-order valence-corrected chi connectivity index (χ1v) is 8.02. The highest BCUT2D eigenvalue weighted by Crippen LogP contribution is 2.26. The summed E-state index contributed by atoms with van der Waals surface area (Å²) >= 11 is 0. The lowest BCUT2D eigenvalue weighted by Crippen LogP contribution is -2.33. The fourth-order valence-corrected chi connectivity index (χ4v) is 2.75. The summed E-state index contributed by atoms with van der Waals surface area (Å²) in [6.45, 7) is 0.315. The zero-order chi connectivity index (χ0) is 18.5. The van der Waals surface area contributed by atoms with Gasteiger partial charge in [-0.2, -0.15) is 5.26 Å². The van der Waals surface area contributed by atoms with Crippen molar-refractivity contribution < 1.29 is 9.90 Å². The maximum absolute atomic E-state index is 12.8. The van der Waals surface area contributed by atoms with Crippen LogP contribution < -0.4 is 10.9 Å². The number of fused-ring (bicyclic) bond motifs is 1. The van der Waals surface area contributed by atoms with Gasteiger partial charge in [0.05, 0.1) is 18.0 Å². The Bertz CT molecular complexity index is 1050. The molecule has 0 atom stereocenters. The lowest BCUT2D eigenvalue weighted by atomic mass is 10.1. The van der Waals surface area contributed by atoms with Crippen LogP contribution in [0.2, 0.25) is 0 Å². The highest BCUT2D eigenvalue weighted by Gasteiger charge is 2.21. The number of nitriles is 1. The molecule has 3 rings (SSSR count). The molecule has 0 unspecified atom stereocenters. The van der Waals surface area contributed by atoms with Crippen molar-refractivity contribution >= 4 is 16.8 Å². The van der Waals surface area contributed by atoms with Crippen LogP contribution in [0.3, 0.4) is 0 Å². The van der Waals surface area contributed by atoms with Crippen molar-refractivity contribution in [3.63, 3.8) is 0 Å². The Morgan fingerprint density at radius 2 is 2.08 bits per heavy atom. The Kier molecular flexibility index (Phi) is 4.94. The molecule has 0 saturated heterocycles. The van der Waals surface area contributed by atoms with Crippen LogP contribution in [0.1, 0.15) is 22.3 Å². The van der Waals surface area contributed by atoms with Gasteiger partial charge in [0.2, 0.25) is 0 Å². The predicted octanol–water partition coefficient (Wildman–Crippen LogP) is 1.95. The summed E-state index contributed by atoms with van der Waals surface area (Å²) in [5.74, 6) is -1.03. The van der Waals surface area contributed by atoms with Crippen LogP contribution in [0.15, 0.2) is 53.6 Å². The van der Waals surface area contributed by atoms with Crippen molar-refractivity contribution in [3.05, 3.63) is 70.3 Å². The van der Waals surface area contributed by atoms with E-state index in [1.807, 2.05) is 6.07 Å². The summed E-state index contributed by atoms with van der Waals surface area (Å²) < 4.78 is 1.34. The number of rotatable bonds is 5. The summed E-state index contributed by atoms with van der Waals surface area (Å²) in [6, 6.07) is 12.3. The Morgan fingerprint density at radius 3 is 2.81 bits per heavy atom. The van der Waals surface area contributed by atoms with Crippen molar-refractivity contribution in [1.82, 2.24) is 14.9 Å². The Hall–Kier alpha value is -3.66. The van der Waals surface area contributed by atoms with Crippen molar-refractivity contribution in [3.8, 4) is 11.8 Å². The van der Waals surface area contributed by atoms with E-state index in [0.717, 1.165) is 5.56 Å². The number of amides is 1. The highest BCUT2D eigenvalue weighted by molar-refractivity contribution is 6.02. The summed E-state index contributed by atoms with van der Waals surface area (Å²) in [4.78, 5) is 29.3. The van der Waals surface area contributed by atoms with Crippen LogP contribution in [0.25, 0.3) is 10.9 Å². The van der Waals surface area contributed by atoms with Crippen molar-refractivity contribution in [2.45, 2.75) is 19.5 Å². The molecule has 1 amide bonds. The largest absolute Gasteiger partial charge is 0.506 e. The number of carbonyl (C=O) groups excluding carboxylic acids is 1. The molecule has 0 aliphatic rings. The first-order valence-electron chi connectivity index (χ1n) is 8.02. The van der Waals surface area contributed by atoms with E-state index in [9.17, 15) is 14.7 Å². The molecule has 3 aromatic rings. The molecule has 7 nitrogen and oxygen atoms in total. The second kappa shape index (κ2) is 7.49. The van der Waals surface area contributed by atoms with E-state index in [4.69, 9.17) is 5.26 Å². The van der Waals surface area contributed by atoms with E-state index in [-0.39, 0.29) is 30.8 Å². The second-order valence-electron chi connectivity index (χ2n) is 5.65. The first kappa shape index (κ1) is 17.2. The number of carbonyl (C=O) groups is 1.